The number of nitrogens with one attached hydrogen (secondary N) is 2. The average molecular weight is 529 g/mol. The highest BCUT2D eigenvalue weighted by Crippen LogP contribution is 2.21. The van der Waals surface area contributed by atoms with Crippen LogP contribution in [-0.2, 0) is 21.4 Å². The standard InChI is InChI=1S/C25H28N4O7S/c1-16-4-8-18(9-5-16)20(14-22(31)32)26-25(34)27-23-21(30)12-13-29(24(23)33)15-17-6-10-19(11-7-17)37(35,36)28(2)3/h4-13,20,30H,14-15H2,1-3H3,(H,31,32)(H2,26,27,34)/t20-/m0/s1. The van der Waals surface area contributed by atoms with Crippen LogP contribution in [0.5, 0.6) is 5.75 Å². The van der Waals surface area contributed by atoms with Crippen LogP contribution in [0.3, 0.4) is 0 Å². The molecule has 0 aliphatic heterocycles. The van der Waals surface area contributed by atoms with E-state index in [2.05, 4.69) is 10.6 Å². The van der Waals surface area contributed by atoms with E-state index in [9.17, 15) is 33.0 Å². The minimum atomic E-state index is -3.60. The minimum absolute atomic E-state index is 0.0444. The molecule has 1 heterocycles. The molecule has 1 aromatic heterocycles. The van der Waals surface area contributed by atoms with Crippen LogP contribution >= 0.6 is 0 Å². The summed E-state index contributed by atoms with van der Waals surface area (Å²) in [6.07, 6.45) is 0.950. The van der Waals surface area contributed by atoms with Crippen LogP contribution < -0.4 is 16.2 Å². The van der Waals surface area contributed by atoms with Gasteiger partial charge in [0, 0.05) is 20.3 Å². The van der Waals surface area contributed by atoms with Gasteiger partial charge >= 0.3 is 12.0 Å². The Hall–Kier alpha value is -4.16. The number of benzene rings is 2. The fourth-order valence-electron chi connectivity index (χ4n) is 3.51. The zero-order valence-electron chi connectivity index (χ0n) is 20.5. The number of hydrogen-bond acceptors (Lipinski definition) is 6. The average Bonchev–Trinajstić information content (AvgIpc) is 2.83. The number of aromatic nitrogens is 1. The first-order valence-corrected chi connectivity index (χ1v) is 12.6. The van der Waals surface area contributed by atoms with Gasteiger partial charge < -0.3 is 25.4 Å². The Bertz CT molecular complexity index is 1450. The summed E-state index contributed by atoms with van der Waals surface area (Å²) in [6.45, 7) is 1.92. The summed E-state index contributed by atoms with van der Waals surface area (Å²) in [5, 5.41) is 24.3. The van der Waals surface area contributed by atoms with Crippen LogP contribution in [0, 0.1) is 6.92 Å². The van der Waals surface area contributed by atoms with E-state index < -0.39 is 39.4 Å². The molecule has 4 N–H and O–H groups in total. The number of hydrogen-bond donors (Lipinski definition) is 4. The van der Waals surface area contributed by atoms with E-state index >= 15 is 0 Å². The fraction of sp³-hybridized carbons (Fsp3) is 0.240. The predicted octanol–water partition coefficient (Wildman–Crippen LogP) is 2.50. The van der Waals surface area contributed by atoms with Crippen molar-refractivity contribution in [2.75, 3.05) is 19.4 Å². The van der Waals surface area contributed by atoms with Crippen molar-refractivity contribution >= 4 is 27.7 Å². The van der Waals surface area contributed by atoms with Crippen molar-refractivity contribution in [3.63, 3.8) is 0 Å². The molecule has 3 rings (SSSR count). The Morgan fingerprint density at radius 3 is 2.22 bits per heavy atom. The number of urea groups is 1. The Morgan fingerprint density at radius 2 is 1.65 bits per heavy atom. The first kappa shape index (κ1) is 27.4. The van der Waals surface area contributed by atoms with Gasteiger partial charge in [-0.1, -0.05) is 42.0 Å². The van der Waals surface area contributed by atoms with E-state index in [1.807, 2.05) is 6.92 Å². The lowest BCUT2D eigenvalue weighted by Gasteiger charge is -2.18. The van der Waals surface area contributed by atoms with Gasteiger partial charge in [0.15, 0.2) is 5.69 Å². The number of aryl methyl sites for hydroxylation is 1. The van der Waals surface area contributed by atoms with Gasteiger partial charge in [0.1, 0.15) is 5.75 Å². The number of sulfonamides is 1. The van der Waals surface area contributed by atoms with Crippen molar-refractivity contribution < 1.29 is 28.2 Å². The highest BCUT2D eigenvalue weighted by atomic mass is 32.2. The minimum Gasteiger partial charge on any atom is -0.505 e. The number of carboxylic acids is 1. The Labute approximate surface area is 214 Å². The van der Waals surface area contributed by atoms with Gasteiger partial charge in [0.05, 0.1) is 23.9 Å². The number of carbonyl (C=O) groups excluding carboxylic acids is 1. The number of carboxylic acid groups (broad SMARTS) is 1. The summed E-state index contributed by atoms with van der Waals surface area (Å²) in [4.78, 5) is 37.1. The maximum Gasteiger partial charge on any atom is 0.319 e. The van der Waals surface area contributed by atoms with Crippen LogP contribution in [0.1, 0.15) is 29.2 Å². The van der Waals surface area contributed by atoms with E-state index in [0.29, 0.717) is 11.1 Å². The number of anilines is 1. The summed E-state index contributed by atoms with van der Waals surface area (Å²) in [5.41, 5.74) is 1.06. The third-order valence-corrected chi connectivity index (χ3v) is 7.43. The molecule has 1 atom stereocenters. The molecule has 37 heavy (non-hydrogen) atoms. The van der Waals surface area contributed by atoms with E-state index in [1.165, 1.54) is 43.1 Å². The fourth-order valence-corrected chi connectivity index (χ4v) is 4.42. The lowest BCUT2D eigenvalue weighted by molar-refractivity contribution is -0.137. The number of pyridine rings is 1. The molecule has 0 saturated heterocycles. The lowest BCUT2D eigenvalue weighted by Crippen LogP contribution is -2.36. The van der Waals surface area contributed by atoms with Crippen molar-refractivity contribution in [3.8, 4) is 5.75 Å². The topological polar surface area (TPSA) is 158 Å². The summed E-state index contributed by atoms with van der Waals surface area (Å²) in [6, 6.07) is 12.4. The summed E-state index contributed by atoms with van der Waals surface area (Å²) < 4.78 is 26.8. The number of amides is 2. The van der Waals surface area contributed by atoms with Crippen molar-refractivity contribution in [3.05, 3.63) is 87.8 Å². The number of aromatic hydroxyl groups is 1. The molecule has 0 fully saturated rings. The molecule has 0 aliphatic rings. The predicted molar refractivity (Wildman–Crippen MR) is 137 cm³/mol. The second-order valence-electron chi connectivity index (χ2n) is 8.60. The highest BCUT2D eigenvalue weighted by Gasteiger charge is 2.21. The first-order chi connectivity index (χ1) is 17.4. The van der Waals surface area contributed by atoms with Gasteiger partial charge in [-0.05, 0) is 36.2 Å². The van der Waals surface area contributed by atoms with Gasteiger partial charge in [0.25, 0.3) is 5.56 Å². The Kier molecular flexibility index (Phi) is 8.35. The van der Waals surface area contributed by atoms with Crippen LogP contribution in [-0.4, -0.2) is 53.6 Å². The molecule has 2 amide bonds. The van der Waals surface area contributed by atoms with Crippen molar-refractivity contribution in [2.24, 2.45) is 0 Å². The van der Waals surface area contributed by atoms with Crippen molar-refractivity contribution in [2.45, 2.75) is 30.8 Å². The Morgan fingerprint density at radius 1 is 1.03 bits per heavy atom. The number of aliphatic carboxylic acids is 1. The molecule has 11 nitrogen and oxygen atoms in total. The smallest absolute Gasteiger partial charge is 0.319 e. The number of nitrogens with zero attached hydrogens (tertiary/aromatic N) is 2. The zero-order valence-corrected chi connectivity index (χ0v) is 21.3. The Balaban J connectivity index is 1.79. The molecule has 12 heteroatoms. The van der Waals surface area contributed by atoms with Crippen LogP contribution in [0.15, 0.2) is 70.5 Å². The molecule has 0 aliphatic carbocycles. The quantitative estimate of drug-likeness (QED) is 0.332. The molecule has 0 radical (unpaired) electrons. The molecular formula is C25H28N4O7S. The maximum absolute atomic E-state index is 13.0. The van der Waals surface area contributed by atoms with E-state index in [1.54, 1.807) is 36.4 Å². The molecule has 0 spiro atoms. The van der Waals surface area contributed by atoms with Gasteiger partial charge in [-0.15, -0.1) is 0 Å². The third kappa shape index (κ3) is 6.74. The summed E-state index contributed by atoms with van der Waals surface area (Å²) in [7, 11) is -0.750. The second kappa shape index (κ2) is 11.3. The van der Waals surface area contributed by atoms with Gasteiger partial charge in [-0.25, -0.2) is 17.5 Å². The van der Waals surface area contributed by atoms with Gasteiger partial charge in [-0.3, -0.25) is 9.59 Å². The van der Waals surface area contributed by atoms with Gasteiger partial charge in [-0.2, -0.15) is 0 Å². The number of rotatable bonds is 9. The van der Waals surface area contributed by atoms with E-state index in [0.717, 1.165) is 9.87 Å². The highest BCUT2D eigenvalue weighted by molar-refractivity contribution is 7.89. The third-order valence-electron chi connectivity index (χ3n) is 5.60. The molecule has 0 saturated carbocycles. The molecular weight excluding hydrogens is 500 g/mol. The molecule has 2 aromatic carbocycles. The normalized spacial score (nSPS) is 12.2. The summed E-state index contributed by atoms with van der Waals surface area (Å²) >= 11 is 0. The SMILES string of the molecule is Cc1ccc([C@H](CC(=O)O)NC(=O)Nc2c(O)ccn(Cc3ccc(S(=O)(=O)N(C)C)cc3)c2=O)cc1. The summed E-state index contributed by atoms with van der Waals surface area (Å²) in [5.74, 6) is -1.59. The first-order valence-electron chi connectivity index (χ1n) is 11.2. The molecule has 0 bridgehead atoms. The lowest BCUT2D eigenvalue weighted by atomic mass is 10.0. The second-order valence-corrected chi connectivity index (χ2v) is 10.8. The largest absolute Gasteiger partial charge is 0.505 e. The van der Waals surface area contributed by atoms with Crippen LogP contribution in [0.4, 0.5) is 10.5 Å². The van der Waals surface area contributed by atoms with Crippen LogP contribution in [0.25, 0.3) is 0 Å². The monoisotopic (exact) mass is 528 g/mol. The van der Waals surface area contributed by atoms with Crippen LogP contribution in [0.2, 0.25) is 0 Å². The number of carbonyl (C=O) groups is 2. The molecule has 196 valence electrons. The van der Waals surface area contributed by atoms with Crippen molar-refractivity contribution in [1.29, 1.82) is 0 Å². The van der Waals surface area contributed by atoms with E-state index in [-0.39, 0.29) is 23.5 Å². The van der Waals surface area contributed by atoms with Gasteiger partial charge in [0.2, 0.25) is 10.0 Å². The van der Waals surface area contributed by atoms with E-state index in [4.69, 9.17) is 0 Å². The molecule has 3 aromatic rings. The maximum atomic E-state index is 13.0. The van der Waals surface area contributed by atoms with Crippen molar-refractivity contribution in [1.82, 2.24) is 14.2 Å². The zero-order chi connectivity index (χ0) is 27.3. The molecule has 0 unspecified atom stereocenters.